The highest BCUT2D eigenvalue weighted by atomic mass is 16.2. The number of carbonyl (C=O) groups is 1. The van der Waals surface area contributed by atoms with E-state index in [2.05, 4.69) is 32.0 Å². The molecule has 2 saturated heterocycles. The third-order valence-electron chi connectivity index (χ3n) is 6.69. The third-order valence-corrected chi connectivity index (χ3v) is 6.69. The van der Waals surface area contributed by atoms with Gasteiger partial charge in [0, 0.05) is 51.4 Å². The minimum Gasteiger partial charge on any atom is -0.354 e. The Balaban J connectivity index is 1.31. The maximum Gasteiger partial charge on any atom is 0.323 e. The molecule has 0 atom stereocenters. The molecule has 0 radical (unpaired) electrons. The summed E-state index contributed by atoms with van der Waals surface area (Å²) in [5.41, 5.74) is 0. The van der Waals surface area contributed by atoms with Gasteiger partial charge in [-0.25, -0.2) is 14.8 Å². The molecule has 154 valence electrons. The summed E-state index contributed by atoms with van der Waals surface area (Å²) in [4.78, 5) is 28.1. The molecule has 3 heterocycles. The Labute approximate surface area is 168 Å². The molecule has 0 spiro atoms. The summed E-state index contributed by atoms with van der Waals surface area (Å²) in [6.07, 6.45) is 10.6. The van der Waals surface area contributed by atoms with Crippen molar-refractivity contribution in [2.24, 2.45) is 5.92 Å². The van der Waals surface area contributed by atoms with Gasteiger partial charge in [0.25, 0.3) is 0 Å². The highest BCUT2D eigenvalue weighted by Crippen LogP contribution is 2.25. The molecule has 7 heteroatoms. The van der Waals surface area contributed by atoms with Gasteiger partial charge in [0.05, 0.1) is 0 Å². The first-order valence-electron chi connectivity index (χ1n) is 11.1. The summed E-state index contributed by atoms with van der Waals surface area (Å²) in [7, 11) is 0. The highest BCUT2D eigenvalue weighted by Gasteiger charge is 2.26. The zero-order chi connectivity index (χ0) is 19.3. The Bertz CT molecular complexity index is 646. The second-order valence-corrected chi connectivity index (χ2v) is 8.68. The Hall–Kier alpha value is -1.89. The lowest BCUT2D eigenvalue weighted by Crippen LogP contribution is -2.51. The minimum absolute atomic E-state index is 0.0429. The maximum absolute atomic E-state index is 12.5. The van der Waals surface area contributed by atoms with Crippen LogP contribution in [-0.4, -0.2) is 71.1 Å². The average molecular weight is 387 g/mol. The zero-order valence-corrected chi connectivity index (χ0v) is 17.1. The number of anilines is 2. The number of nitrogens with zero attached hydrogens (tertiary/aromatic N) is 5. The van der Waals surface area contributed by atoms with Crippen LogP contribution in [0.1, 0.15) is 51.9 Å². The second-order valence-electron chi connectivity index (χ2n) is 8.68. The summed E-state index contributed by atoms with van der Waals surface area (Å²) in [5.74, 6) is 2.23. The molecule has 7 nitrogen and oxygen atoms in total. The predicted molar refractivity (Wildman–Crippen MR) is 112 cm³/mol. The van der Waals surface area contributed by atoms with Crippen LogP contribution in [0.4, 0.5) is 16.4 Å². The average Bonchev–Trinajstić information content (AvgIpc) is 2.75. The van der Waals surface area contributed by atoms with Crippen LogP contribution in [0, 0.1) is 5.92 Å². The zero-order valence-electron chi connectivity index (χ0n) is 17.1. The molecule has 1 aromatic heterocycles. The Morgan fingerprint density at radius 2 is 1.68 bits per heavy atom. The highest BCUT2D eigenvalue weighted by molar-refractivity contribution is 5.88. The first-order chi connectivity index (χ1) is 13.7. The SMILES string of the molecule is CC1CCN(C(=O)Nc2cc(N3CCN(C4CCCCC4)CC3)ncn2)CC1. The van der Waals surface area contributed by atoms with Crippen molar-refractivity contribution in [2.45, 2.75) is 57.9 Å². The number of urea groups is 1. The van der Waals surface area contributed by atoms with Gasteiger partial charge in [0.1, 0.15) is 18.0 Å². The monoisotopic (exact) mass is 386 g/mol. The molecule has 3 aliphatic rings. The topological polar surface area (TPSA) is 64.6 Å². The molecule has 2 aliphatic heterocycles. The van der Waals surface area contributed by atoms with E-state index in [0.29, 0.717) is 11.7 Å². The number of aromatic nitrogens is 2. The predicted octanol–water partition coefficient (Wildman–Crippen LogP) is 3.20. The first kappa shape index (κ1) is 19.4. The summed E-state index contributed by atoms with van der Waals surface area (Å²) in [6.45, 7) is 8.09. The van der Waals surface area contributed by atoms with Gasteiger partial charge in [-0.3, -0.25) is 10.2 Å². The van der Waals surface area contributed by atoms with E-state index in [4.69, 9.17) is 0 Å². The summed E-state index contributed by atoms with van der Waals surface area (Å²) < 4.78 is 0. The third kappa shape index (κ3) is 4.74. The fourth-order valence-electron chi connectivity index (χ4n) is 4.75. The quantitative estimate of drug-likeness (QED) is 0.864. The number of carbonyl (C=O) groups excluding carboxylic acids is 1. The first-order valence-corrected chi connectivity index (χ1v) is 11.1. The lowest BCUT2D eigenvalue weighted by atomic mass is 9.94. The van der Waals surface area contributed by atoms with Crippen molar-refractivity contribution in [3.05, 3.63) is 12.4 Å². The molecule has 0 bridgehead atoms. The summed E-state index contributed by atoms with van der Waals surface area (Å²) >= 11 is 0. The van der Waals surface area contributed by atoms with Crippen LogP contribution >= 0.6 is 0 Å². The van der Waals surface area contributed by atoms with E-state index in [1.807, 2.05) is 11.0 Å². The van der Waals surface area contributed by atoms with Crippen LogP contribution < -0.4 is 10.2 Å². The van der Waals surface area contributed by atoms with Crippen molar-refractivity contribution in [1.82, 2.24) is 19.8 Å². The van der Waals surface area contributed by atoms with Crippen LogP contribution in [0.2, 0.25) is 0 Å². The van der Waals surface area contributed by atoms with Gasteiger partial charge in [0.15, 0.2) is 0 Å². The van der Waals surface area contributed by atoms with E-state index >= 15 is 0 Å². The lowest BCUT2D eigenvalue weighted by Gasteiger charge is -2.41. The number of rotatable bonds is 3. The van der Waals surface area contributed by atoms with Gasteiger partial charge >= 0.3 is 6.03 Å². The Morgan fingerprint density at radius 3 is 2.39 bits per heavy atom. The lowest BCUT2D eigenvalue weighted by molar-refractivity contribution is 0.147. The van der Waals surface area contributed by atoms with Crippen molar-refractivity contribution >= 4 is 17.7 Å². The molecule has 1 aliphatic carbocycles. The van der Waals surface area contributed by atoms with E-state index < -0.39 is 0 Å². The number of hydrogen-bond acceptors (Lipinski definition) is 5. The fraction of sp³-hybridized carbons (Fsp3) is 0.762. The molecular formula is C21H34N6O. The molecular weight excluding hydrogens is 352 g/mol. The number of amides is 2. The summed E-state index contributed by atoms with van der Waals surface area (Å²) in [6, 6.07) is 2.66. The number of piperazine rings is 1. The number of hydrogen-bond donors (Lipinski definition) is 1. The van der Waals surface area contributed by atoms with E-state index in [9.17, 15) is 4.79 Å². The molecule has 2 amide bonds. The van der Waals surface area contributed by atoms with Crippen LogP contribution in [0.25, 0.3) is 0 Å². The largest absolute Gasteiger partial charge is 0.354 e. The maximum atomic E-state index is 12.5. The van der Waals surface area contributed by atoms with E-state index in [0.717, 1.165) is 64.0 Å². The molecule has 3 fully saturated rings. The Kier molecular flexibility index (Phi) is 6.29. The molecule has 0 aromatic carbocycles. The van der Waals surface area contributed by atoms with E-state index in [1.54, 1.807) is 6.33 Å². The molecule has 1 aromatic rings. The van der Waals surface area contributed by atoms with Gasteiger partial charge < -0.3 is 9.80 Å². The van der Waals surface area contributed by atoms with Crippen molar-refractivity contribution < 1.29 is 4.79 Å². The van der Waals surface area contributed by atoms with Gasteiger partial charge in [-0.1, -0.05) is 26.2 Å². The standard InChI is InChI=1S/C21H34N6O/c1-17-7-9-27(10-8-17)21(28)24-19-15-20(23-16-22-19)26-13-11-25(12-14-26)18-5-3-2-4-6-18/h15-18H,2-14H2,1H3,(H,22,23,24,28). The van der Waals surface area contributed by atoms with Gasteiger partial charge in [-0.2, -0.15) is 0 Å². The molecule has 0 unspecified atom stereocenters. The number of nitrogens with one attached hydrogen (secondary N) is 1. The van der Waals surface area contributed by atoms with Gasteiger partial charge in [0.2, 0.25) is 0 Å². The van der Waals surface area contributed by atoms with Crippen LogP contribution in [0.15, 0.2) is 12.4 Å². The summed E-state index contributed by atoms with van der Waals surface area (Å²) in [5, 5.41) is 2.97. The van der Waals surface area contributed by atoms with E-state index in [-0.39, 0.29) is 6.03 Å². The molecule has 1 N–H and O–H groups in total. The van der Waals surface area contributed by atoms with Crippen molar-refractivity contribution in [1.29, 1.82) is 0 Å². The van der Waals surface area contributed by atoms with Crippen LogP contribution in [-0.2, 0) is 0 Å². The van der Waals surface area contributed by atoms with E-state index in [1.165, 1.54) is 32.1 Å². The Morgan fingerprint density at radius 1 is 0.964 bits per heavy atom. The normalized spacial score (nSPS) is 23.0. The van der Waals surface area contributed by atoms with Crippen molar-refractivity contribution in [3.8, 4) is 0 Å². The van der Waals surface area contributed by atoms with Crippen molar-refractivity contribution in [2.75, 3.05) is 49.5 Å². The van der Waals surface area contributed by atoms with Crippen LogP contribution in [0.3, 0.4) is 0 Å². The molecule has 28 heavy (non-hydrogen) atoms. The molecule has 1 saturated carbocycles. The number of piperidine rings is 1. The second kappa shape index (κ2) is 9.07. The number of likely N-dealkylation sites (tertiary alicyclic amines) is 1. The fourth-order valence-corrected chi connectivity index (χ4v) is 4.75. The van der Waals surface area contributed by atoms with Crippen molar-refractivity contribution in [3.63, 3.8) is 0 Å². The van der Waals surface area contributed by atoms with Crippen LogP contribution in [0.5, 0.6) is 0 Å². The minimum atomic E-state index is -0.0429. The molecule has 4 rings (SSSR count). The van der Waals surface area contributed by atoms with Gasteiger partial charge in [-0.15, -0.1) is 0 Å². The van der Waals surface area contributed by atoms with Gasteiger partial charge in [-0.05, 0) is 31.6 Å². The smallest absolute Gasteiger partial charge is 0.323 e.